The molecule has 1 aromatic heterocycles. The first kappa shape index (κ1) is 24.4. The van der Waals surface area contributed by atoms with Crippen LogP contribution in [0.1, 0.15) is 35.7 Å². The van der Waals surface area contributed by atoms with Crippen molar-refractivity contribution in [3.05, 3.63) is 53.1 Å². The van der Waals surface area contributed by atoms with Crippen LogP contribution in [0.3, 0.4) is 0 Å². The van der Waals surface area contributed by atoms with E-state index in [9.17, 15) is 19.2 Å². The molecule has 1 N–H and O–H groups in total. The van der Waals surface area contributed by atoms with Crippen molar-refractivity contribution in [3.63, 3.8) is 0 Å². The lowest BCUT2D eigenvalue weighted by molar-refractivity contribution is -0.149. The first-order valence-corrected chi connectivity index (χ1v) is 10.2. The Labute approximate surface area is 195 Å². The quantitative estimate of drug-likeness (QED) is 0.332. The number of methoxy groups -OCH3 is 2. The number of benzene rings is 1. The van der Waals surface area contributed by atoms with E-state index in [-0.39, 0.29) is 42.2 Å². The first-order chi connectivity index (χ1) is 16.2. The number of ether oxygens (including phenoxy) is 4. The number of rotatable bonds is 9. The summed E-state index contributed by atoms with van der Waals surface area (Å²) in [6.07, 6.45) is 1.11. The summed E-state index contributed by atoms with van der Waals surface area (Å²) in [4.78, 5) is 49.6. The van der Waals surface area contributed by atoms with Crippen molar-refractivity contribution in [1.29, 1.82) is 0 Å². The Morgan fingerprint density at radius 1 is 1.15 bits per heavy atom. The molecule has 1 fully saturated rings. The van der Waals surface area contributed by atoms with Crippen LogP contribution in [0.5, 0.6) is 11.5 Å². The van der Waals surface area contributed by atoms with Crippen molar-refractivity contribution in [2.45, 2.75) is 26.5 Å². The van der Waals surface area contributed by atoms with Crippen LogP contribution in [-0.4, -0.2) is 55.7 Å². The molecule has 1 saturated heterocycles. The summed E-state index contributed by atoms with van der Waals surface area (Å²) < 4.78 is 25.9. The van der Waals surface area contributed by atoms with Crippen LogP contribution in [0, 0.1) is 0 Å². The molecule has 0 spiro atoms. The van der Waals surface area contributed by atoms with Gasteiger partial charge in [-0.05, 0) is 38.1 Å². The molecule has 1 aromatic carbocycles. The summed E-state index contributed by atoms with van der Waals surface area (Å²) in [5.74, 6) is -1.16. The molecule has 0 aliphatic carbocycles. The Morgan fingerprint density at radius 3 is 2.59 bits per heavy atom. The second-order valence-corrected chi connectivity index (χ2v) is 7.34. The largest absolute Gasteiger partial charge is 0.493 e. The van der Waals surface area contributed by atoms with E-state index in [0.29, 0.717) is 11.3 Å². The maximum atomic E-state index is 12.9. The molecule has 180 valence electrons. The van der Waals surface area contributed by atoms with Crippen LogP contribution >= 0.6 is 0 Å². The van der Waals surface area contributed by atoms with Crippen LogP contribution in [0.15, 0.2) is 40.4 Å². The van der Waals surface area contributed by atoms with Gasteiger partial charge in [0, 0.05) is 5.56 Å². The Morgan fingerprint density at radius 2 is 1.91 bits per heavy atom. The van der Waals surface area contributed by atoms with Crippen molar-refractivity contribution in [2.24, 2.45) is 0 Å². The molecule has 0 bridgehead atoms. The average molecular weight is 472 g/mol. The van der Waals surface area contributed by atoms with Crippen molar-refractivity contribution in [1.82, 2.24) is 10.2 Å². The fourth-order valence-corrected chi connectivity index (χ4v) is 3.09. The highest BCUT2D eigenvalue weighted by molar-refractivity contribution is 6.14. The van der Waals surface area contributed by atoms with Crippen molar-refractivity contribution in [3.8, 4) is 11.5 Å². The van der Waals surface area contributed by atoms with E-state index in [2.05, 4.69) is 10.1 Å². The molecule has 0 saturated carbocycles. The van der Waals surface area contributed by atoms with Crippen LogP contribution in [0.25, 0.3) is 6.08 Å². The van der Waals surface area contributed by atoms with Gasteiger partial charge in [0.2, 0.25) is 5.76 Å². The van der Waals surface area contributed by atoms with Crippen molar-refractivity contribution >= 4 is 30.0 Å². The lowest BCUT2D eigenvalue weighted by atomic mass is 10.1. The number of hydrogen-bond acceptors (Lipinski definition) is 9. The molecule has 0 unspecified atom stereocenters. The van der Waals surface area contributed by atoms with Crippen molar-refractivity contribution < 1.29 is 42.5 Å². The third kappa shape index (κ3) is 5.55. The summed E-state index contributed by atoms with van der Waals surface area (Å²) >= 11 is 0. The predicted molar refractivity (Wildman–Crippen MR) is 117 cm³/mol. The lowest BCUT2D eigenvalue weighted by Crippen LogP contribution is -2.30. The predicted octanol–water partition coefficient (Wildman–Crippen LogP) is 2.50. The number of nitrogens with zero attached hydrogens (tertiary/aromatic N) is 1. The minimum Gasteiger partial charge on any atom is -0.493 e. The molecule has 11 heteroatoms. The second kappa shape index (κ2) is 10.6. The summed E-state index contributed by atoms with van der Waals surface area (Å²) in [7, 11) is 2.64. The Bertz CT molecular complexity index is 1130. The molecule has 1 aliphatic rings. The van der Waals surface area contributed by atoms with Gasteiger partial charge in [0.1, 0.15) is 11.5 Å². The number of furan rings is 1. The molecular formula is C23H24N2O9. The minimum absolute atomic E-state index is 0.0207. The zero-order valence-corrected chi connectivity index (χ0v) is 19.1. The van der Waals surface area contributed by atoms with Gasteiger partial charge < -0.3 is 28.7 Å². The molecule has 3 rings (SSSR count). The van der Waals surface area contributed by atoms with Crippen molar-refractivity contribution in [2.75, 3.05) is 20.8 Å². The molecule has 1 aliphatic heterocycles. The first-order valence-electron chi connectivity index (χ1n) is 10.2. The van der Waals surface area contributed by atoms with E-state index >= 15 is 0 Å². The highest BCUT2D eigenvalue weighted by atomic mass is 16.6. The number of carbonyl (C=O) groups excluding carboxylic acids is 4. The van der Waals surface area contributed by atoms with Gasteiger partial charge in [-0.3, -0.25) is 9.69 Å². The van der Waals surface area contributed by atoms with E-state index in [1.165, 1.54) is 32.4 Å². The minimum atomic E-state index is -0.674. The van der Waals surface area contributed by atoms with Gasteiger partial charge in [-0.25, -0.2) is 14.4 Å². The molecule has 0 atom stereocenters. The average Bonchev–Trinajstić information content (AvgIpc) is 3.37. The fourth-order valence-electron chi connectivity index (χ4n) is 3.09. The van der Waals surface area contributed by atoms with E-state index < -0.39 is 23.9 Å². The number of amides is 3. The highest BCUT2D eigenvalue weighted by Gasteiger charge is 2.34. The standard InChI is InChI=1S/C23H24N2O9/c1-13(2)33-19(26)12-32-20-14(6-5-7-17(20)30-3)10-16-21(27)25(23(29)24-16)11-15-8-9-18(34-15)22(28)31-4/h5-10,13H,11-12H2,1-4H3,(H,24,29)/b16-10+. The third-order valence-electron chi connectivity index (χ3n) is 4.56. The summed E-state index contributed by atoms with van der Waals surface area (Å²) in [5, 5.41) is 2.50. The molecule has 0 radical (unpaired) electrons. The van der Waals surface area contributed by atoms with Gasteiger partial charge in [-0.2, -0.15) is 0 Å². The van der Waals surface area contributed by atoms with Gasteiger partial charge in [0.25, 0.3) is 5.91 Å². The van der Waals surface area contributed by atoms with Gasteiger partial charge in [-0.15, -0.1) is 0 Å². The smallest absolute Gasteiger partial charge is 0.373 e. The van der Waals surface area contributed by atoms with Crippen LogP contribution in [0.4, 0.5) is 4.79 Å². The van der Waals surface area contributed by atoms with Crippen LogP contribution < -0.4 is 14.8 Å². The van der Waals surface area contributed by atoms with Gasteiger partial charge in [-0.1, -0.05) is 12.1 Å². The van der Waals surface area contributed by atoms with E-state index in [1.54, 1.807) is 32.0 Å². The summed E-state index contributed by atoms with van der Waals surface area (Å²) in [6.45, 7) is 2.87. The highest BCUT2D eigenvalue weighted by Crippen LogP contribution is 2.33. The Hall–Kier alpha value is -4.28. The van der Waals surface area contributed by atoms with Crippen LogP contribution in [0.2, 0.25) is 0 Å². The molecule has 2 heterocycles. The Kier molecular flexibility index (Phi) is 7.57. The normalized spacial score (nSPS) is 14.4. The topological polar surface area (TPSA) is 134 Å². The fraction of sp³-hybridized carbons (Fsp3) is 0.304. The summed E-state index contributed by atoms with van der Waals surface area (Å²) in [6, 6.07) is 7.12. The van der Waals surface area contributed by atoms with E-state index in [4.69, 9.17) is 18.6 Å². The monoisotopic (exact) mass is 472 g/mol. The number of esters is 2. The maximum absolute atomic E-state index is 12.9. The number of nitrogens with one attached hydrogen (secondary N) is 1. The SMILES string of the molecule is COC(=O)c1ccc(CN2C(=O)N/C(=C/c3cccc(OC)c3OCC(=O)OC(C)C)C2=O)o1. The molecular weight excluding hydrogens is 448 g/mol. The zero-order chi connectivity index (χ0) is 24.8. The maximum Gasteiger partial charge on any atom is 0.373 e. The van der Waals surface area contributed by atoms with Gasteiger partial charge in [0.05, 0.1) is 26.9 Å². The van der Waals surface area contributed by atoms with E-state index in [1.807, 2.05) is 0 Å². The van der Waals surface area contributed by atoms with Gasteiger partial charge >= 0.3 is 18.0 Å². The lowest BCUT2D eigenvalue weighted by Gasteiger charge is -2.14. The van der Waals surface area contributed by atoms with Gasteiger partial charge in [0.15, 0.2) is 18.1 Å². The number of hydrogen-bond donors (Lipinski definition) is 1. The number of urea groups is 1. The Balaban J connectivity index is 1.80. The molecule has 2 aromatic rings. The number of carbonyl (C=O) groups is 4. The summed E-state index contributed by atoms with van der Waals surface area (Å²) in [5.41, 5.74) is 0.376. The number of imide groups is 1. The molecule has 11 nitrogen and oxygen atoms in total. The number of para-hydroxylation sites is 1. The molecule has 34 heavy (non-hydrogen) atoms. The van der Waals surface area contributed by atoms with Crippen LogP contribution in [-0.2, 0) is 25.6 Å². The zero-order valence-electron chi connectivity index (χ0n) is 19.1. The third-order valence-corrected chi connectivity index (χ3v) is 4.56. The second-order valence-electron chi connectivity index (χ2n) is 7.34. The molecule has 3 amide bonds. The van der Waals surface area contributed by atoms with E-state index in [0.717, 1.165) is 4.90 Å².